The van der Waals surface area contributed by atoms with Gasteiger partial charge in [0.15, 0.2) is 0 Å². The molecule has 4 aromatic rings. The minimum absolute atomic E-state index is 0.0254. The van der Waals surface area contributed by atoms with Crippen LogP contribution in [0.2, 0.25) is 0 Å². The predicted octanol–water partition coefficient (Wildman–Crippen LogP) is 4.66. The smallest absolute Gasteiger partial charge is 0.489 e. The zero-order chi connectivity index (χ0) is 31.8. The number of halogens is 4. The van der Waals surface area contributed by atoms with Crippen molar-refractivity contribution in [3.05, 3.63) is 72.6 Å². The third-order valence-corrected chi connectivity index (χ3v) is 9.49. The van der Waals surface area contributed by atoms with Gasteiger partial charge in [0.2, 0.25) is 0 Å². The molecule has 2 N–H and O–H groups in total. The highest BCUT2D eigenvalue weighted by atomic mass is 32.2. The Bertz CT molecular complexity index is 1920. The maximum absolute atomic E-state index is 15.0. The van der Waals surface area contributed by atoms with Gasteiger partial charge in [-0.2, -0.15) is 13.2 Å². The van der Waals surface area contributed by atoms with Gasteiger partial charge in [-0.15, -0.1) is 0 Å². The molecular formula is C27H23F4N3O8S2. The van der Waals surface area contributed by atoms with Gasteiger partial charge < -0.3 is 19.2 Å². The van der Waals surface area contributed by atoms with E-state index in [4.69, 9.17) is 14.2 Å². The summed E-state index contributed by atoms with van der Waals surface area (Å²) in [4.78, 5) is 17.6. The van der Waals surface area contributed by atoms with E-state index in [1.54, 1.807) is 23.1 Å². The van der Waals surface area contributed by atoms with Crippen LogP contribution in [0, 0.1) is 0 Å². The molecule has 0 saturated carbocycles. The number of carbonyl (C=O) groups excluding carboxylic acids is 1. The Balaban J connectivity index is 1.42. The van der Waals surface area contributed by atoms with Gasteiger partial charge in [-0.25, -0.2) is 30.9 Å². The van der Waals surface area contributed by atoms with Crippen molar-refractivity contribution in [1.82, 2.24) is 14.7 Å². The fourth-order valence-corrected chi connectivity index (χ4v) is 6.27. The number of pyridine rings is 1. The van der Waals surface area contributed by atoms with Gasteiger partial charge in [0.1, 0.15) is 40.1 Å². The molecule has 1 aliphatic rings. The summed E-state index contributed by atoms with van der Waals surface area (Å²) < 4.78 is 124. The van der Waals surface area contributed by atoms with Crippen molar-refractivity contribution in [3.63, 3.8) is 0 Å². The average molecular weight is 658 g/mol. The molecule has 3 heterocycles. The van der Waals surface area contributed by atoms with E-state index in [2.05, 4.69) is 9.97 Å². The largest absolute Gasteiger partial charge is 0.502 e. The Labute approximate surface area is 248 Å². The van der Waals surface area contributed by atoms with Crippen LogP contribution < -0.4 is 14.2 Å². The summed E-state index contributed by atoms with van der Waals surface area (Å²) in [6, 6.07) is 10.5. The molecule has 0 aliphatic carbocycles. The summed E-state index contributed by atoms with van der Waals surface area (Å²) in [5.41, 5.74) is -7.55. The van der Waals surface area contributed by atoms with Gasteiger partial charge in [0.25, 0.3) is 25.8 Å². The van der Waals surface area contributed by atoms with E-state index in [1.165, 1.54) is 30.5 Å². The van der Waals surface area contributed by atoms with Crippen molar-refractivity contribution < 1.29 is 53.4 Å². The molecule has 5 rings (SSSR count). The van der Waals surface area contributed by atoms with Crippen molar-refractivity contribution in [2.24, 2.45) is 0 Å². The molecule has 0 bridgehead atoms. The third-order valence-electron chi connectivity index (χ3n) is 6.66. The zero-order valence-corrected chi connectivity index (χ0v) is 24.1. The molecule has 234 valence electrons. The lowest BCUT2D eigenvalue weighted by molar-refractivity contribution is -0.0441. The zero-order valence-electron chi connectivity index (χ0n) is 22.4. The fourth-order valence-electron chi connectivity index (χ4n) is 4.28. The van der Waals surface area contributed by atoms with Crippen molar-refractivity contribution in [1.29, 1.82) is 0 Å². The van der Waals surface area contributed by atoms with E-state index in [0.717, 1.165) is 6.07 Å². The average Bonchev–Trinajstić information content (AvgIpc) is 3.44. The summed E-state index contributed by atoms with van der Waals surface area (Å²) in [5.74, 6) is -2.00. The van der Waals surface area contributed by atoms with Gasteiger partial charge in [-0.1, -0.05) is 12.1 Å². The van der Waals surface area contributed by atoms with Gasteiger partial charge in [-0.05, 0) is 42.5 Å². The summed E-state index contributed by atoms with van der Waals surface area (Å²) in [7, 11) is -11.1. The number of nitrogens with one attached hydrogen (secondary N) is 2. The number of sulfone groups is 1. The molecule has 1 saturated heterocycles. The molecule has 0 radical (unpaired) electrons. The Hall–Kier alpha value is -4.22. The Kier molecular flexibility index (Phi) is 8.30. The number of benzene rings is 2. The third kappa shape index (κ3) is 6.48. The number of nitrogens with zero attached hydrogens (tertiary/aromatic N) is 1. The number of para-hydroxylation sites is 1. The van der Waals surface area contributed by atoms with E-state index in [0.29, 0.717) is 17.1 Å². The number of alkyl halides is 4. The molecule has 1 aliphatic heterocycles. The lowest BCUT2D eigenvalue weighted by Crippen LogP contribution is -2.37. The first kappa shape index (κ1) is 31.2. The second-order valence-corrected chi connectivity index (χ2v) is 13.3. The second kappa shape index (κ2) is 11.7. The molecule has 1 fully saturated rings. The number of rotatable bonds is 9. The van der Waals surface area contributed by atoms with Crippen LogP contribution in [0.3, 0.4) is 0 Å². The fraction of sp³-hybridized carbons (Fsp3) is 0.259. The van der Waals surface area contributed by atoms with Crippen molar-refractivity contribution in [2.75, 3.05) is 19.8 Å². The van der Waals surface area contributed by atoms with Crippen LogP contribution in [0.4, 0.5) is 17.6 Å². The Morgan fingerprint density at radius 2 is 1.75 bits per heavy atom. The molecule has 2 aromatic heterocycles. The lowest BCUT2D eigenvalue weighted by atomic mass is 9.98. The van der Waals surface area contributed by atoms with Gasteiger partial charge in [0.05, 0.1) is 16.7 Å². The van der Waals surface area contributed by atoms with Crippen LogP contribution in [0.1, 0.15) is 23.2 Å². The van der Waals surface area contributed by atoms with E-state index in [-0.39, 0.29) is 49.2 Å². The number of H-pyrrole nitrogens is 1. The number of carbonyl (C=O) groups is 1. The van der Waals surface area contributed by atoms with Crippen molar-refractivity contribution in [2.45, 2.75) is 33.8 Å². The van der Waals surface area contributed by atoms with Crippen LogP contribution >= 0.6 is 0 Å². The molecule has 0 atom stereocenters. The highest BCUT2D eigenvalue weighted by molar-refractivity contribution is 7.92. The molecule has 17 heteroatoms. The Morgan fingerprint density at radius 3 is 2.48 bits per heavy atom. The standard InChI is InChI=1S/C27H23F4N3O8S2/c28-26(8-11-40-12-9-26)16-41-22-6-5-19(14-23(22)43(36,37)27(29,30)31)44(38,39)34-25(35)20-3-1-2-4-21(20)42-18-13-17-7-10-32-24(17)33-15-18/h1-7,10,13-15H,8-9,11-12,16H2,(H,32,33)(H,34,35). The summed E-state index contributed by atoms with van der Waals surface area (Å²) >= 11 is 0. The second-order valence-electron chi connectivity index (χ2n) is 9.73. The SMILES string of the molecule is O=C(NS(=O)(=O)c1ccc(OCC2(F)CCOCC2)c(S(=O)(=O)C(F)(F)F)c1)c1ccccc1Oc1cnc2[nH]ccc2c1. The lowest BCUT2D eigenvalue weighted by Gasteiger charge is -2.29. The monoisotopic (exact) mass is 657 g/mol. The maximum Gasteiger partial charge on any atom is 0.502 e. The molecule has 0 unspecified atom stereocenters. The number of aromatic nitrogens is 2. The van der Waals surface area contributed by atoms with Crippen LogP contribution in [0.5, 0.6) is 17.2 Å². The van der Waals surface area contributed by atoms with Crippen molar-refractivity contribution >= 4 is 36.8 Å². The summed E-state index contributed by atoms with van der Waals surface area (Å²) in [6.45, 7) is -0.752. The molecule has 1 amide bonds. The van der Waals surface area contributed by atoms with Crippen LogP contribution in [-0.2, 0) is 24.6 Å². The first-order chi connectivity index (χ1) is 20.7. The number of hydrogen-bond acceptors (Lipinski definition) is 9. The molecular weight excluding hydrogens is 634 g/mol. The molecule has 11 nitrogen and oxygen atoms in total. The predicted molar refractivity (Wildman–Crippen MR) is 146 cm³/mol. The van der Waals surface area contributed by atoms with Crippen LogP contribution in [0.15, 0.2) is 76.8 Å². The Morgan fingerprint density at radius 1 is 1.02 bits per heavy atom. The first-order valence-electron chi connectivity index (χ1n) is 12.8. The minimum Gasteiger partial charge on any atom is -0.489 e. The topological polar surface area (TPSA) is 154 Å². The number of fused-ring (bicyclic) bond motifs is 1. The van der Waals surface area contributed by atoms with E-state index >= 15 is 0 Å². The normalized spacial score (nSPS) is 15.5. The van der Waals surface area contributed by atoms with Crippen LogP contribution in [-0.4, -0.2) is 63.7 Å². The van der Waals surface area contributed by atoms with Gasteiger partial charge in [-0.3, -0.25) is 4.79 Å². The summed E-state index contributed by atoms with van der Waals surface area (Å²) in [6.07, 6.45) is 2.73. The van der Waals surface area contributed by atoms with E-state index in [1.807, 2.05) is 0 Å². The molecule has 44 heavy (non-hydrogen) atoms. The molecule has 0 spiro atoms. The quantitative estimate of drug-likeness (QED) is 0.245. The minimum atomic E-state index is -6.17. The van der Waals surface area contributed by atoms with Crippen molar-refractivity contribution in [3.8, 4) is 17.2 Å². The molecule has 2 aromatic carbocycles. The van der Waals surface area contributed by atoms with E-state index < -0.39 is 59.1 Å². The highest BCUT2D eigenvalue weighted by Gasteiger charge is 2.49. The van der Waals surface area contributed by atoms with E-state index in [9.17, 15) is 39.2 Å². The maximum atomic E-state index is 15.0. The van der Waals surface area contributed by atoms with Gasteiger partial charge in [0, 0.05) is 37.6 Å². The number of aromatic amines is 1. The number of ether oxygens (including phenoxy) is 3. The number of sulfonamides is 1. The summed E-state index contributed by atoms with van der Waals surface area (Å²) in [5, 5.41) is 0.693. The number of hydrogen-bond donors (Lipinski definition) is 2. The highest BCUT2D eigenvalue weighted by Crippen LogP contribution is 2.38. The van der Waals surface area contributed by atoms with Crippen LogP contribution in [0.25, 0.3) is 11.0 Å². The van der Waals surface area contributed by atoms with Gasteiger partial charge >= 0.3 is 5.51 Å². The first-order valence-corrected chi connectivity index (χ1v) is 15.8. The number of amides is 1.